The van der Waals surface area contributed by atoms with Crippen molar-refractivity contribution < 1.29 is 14.3 Å². The van der Waals surface area contributed by atoms with E-state index in [4.69, 9.17) is 9.47 Å². The van der Waals surface area contributed by atoms with E-state index in [-0.39, 0.29) is 5.91 Å². The lowest BCUT2D eigenvalue weighted by atomic mass is 10.2. The first kappa shape index (κ1) is 16.5. The molecule has 0 saturated carbocycles. The number of hydrogen-bond acceptors (Lipinski definition) is 4. The number of ether oxygens (including phenoxy) is 2. The number of carbonyl (C=O) groups excluding carboxylic acids is 1. The van der Waals surface area contributed by atoms with E-state index in [0.717, 1.165) is 50.6 Å². The van der Waals surface area contributed by atoms with E-state index in [9.17, 15) is 4.79 Å². The highest BCUT2D eigenvalue weighted by Gasteiger charge is 2.09. The molecule has 0 aliphatic carbocycles. The highest BCUT2D eigenvalue weighted by Crippen LogP contribution is 2.13. The number of benzene rings is 1. The summed E-state index contributed by atoms with van der Waals surface area (Å²) in [7, 11) is 1.63. The second-order valence-corrected chi connectivity index (χ2v) is 5.21. The van der Waals surface area contributed by atoms with Gasteiger partial charge in [0.05, 0.1) is 20.3 Å². The fraction of sp³-hybridized carbons (Fsp3) is 0.471. The third-order valence-electron chi connectivity index (χ3n) is 3.58. The van der Waals surface area contributed by atoms with Crippen LogP contribution in [0.4, 0.5) is 0 Å². The van der Waals surface area contributed by atoms with Crippen LogP contribution in [0.2, 0.25) is 0 Å². The summed E-state index contributed by atoms with van der Waals surface area (Å²) in [6.45, 7) is 5.31. The van der Waals surface area contributed by atoms with Crippen molar-refractivity contribution in [2.24, 2.45) is 0 Å². The van der Waals surface area contributed by atoms with Gasteiger partial charge in [-0.15, -0.1) is 0 Å². The Bertz CT molecular complexity index is 496. The molecule has 0 bridgehead atoms. The van der Waals surface area contributed by atoms with E-state index in [1.165, 1.54) is 0 Å². The molecule has 1 fully saturated rings. The maximum Gasteiger partial charge on any atom is 0.243 e. The number of nitrogens with one attached hydrogen (secondary N) is 1. The van der Waals surface area contributed by atoms with Gasteiger partial charge in [-0.25, -0.2) is 0 Å². The van der Waals surface area contributed by atoms with Crippen molar-refractivity contribution in [1.82, 2.24) is 10.2 Å². The number of hydrogen-bond donors (Lipinski definition) is 1. The fourth-order valence-corrected chi connectivity index (χ4v) is 2.32. The largest absolute Gasteiger partial charge is 0.497 e. The molecule has 2 rings (SSSR count). The van der Waals surface area contributed by atoms with Crippen LogP contribution in [0.5, 0.6) is 5.75 Å². The molecule has 1 aliphatic heterocycles. The van der Waals surface area contributed by atoms with Crippen molar-refractivity contribution in [2.75, 3.05) is 46.5 Å². The van der Waals surface area contributed by atoms with Gasteiger partial charge in [0.2, 0.25) is 5.91 Å². The summed E-state index contributed by atoms with van der Waals surface area (Å²) in [6, 6.07) is 7.61. The third kappa shape index (κ3) is 5.87. The molecule has 1 amide bonds. The summed E-state index contributed by atoms with van der Waals surface area (Å²) in [4.78, 5) is 14.1. The predicted octanol–water partition coefficient (Wildman–Crippen LogP) is 1.55. The van der Waals surface area contributed by atoms with Crippen LogP contribution in [0.15, 0.2) is 30.3 Å². The minimum atomic E-state index is -0.0650. The summed E-state index contributed by atoms with van der Waals surface area (Å²) in [6.07, 6.45) is 4.31. The minimum Gasteiger partial charge on any atom is -0.497 e. The van der Waals surface area contributed by atoms with E-state index in [1.54, 1.807) is 19.3 Å². The molecule has 1 saturated heterocycles. The van der Waals surface area contributed by atoms with E-state index in [1.807, 2.05) is 24.3 Å². The monoisotopic (exact) mass is 304 g/mol. The Morgan fingerprint density at radius 2 is 2.23 bits per heavy atom. The molecule has 0 aromatic heterocycles. The lowest BCUT2D eigenvalue weighted by molar-refractivity contribution is -0.116. The summed E-state index contributed by atoms with van der Waals surface area (Å²) >= 11 is 0. The predicted molar refractivity (Wildman–Crippen MR) is 86.9 cm³/mol. The molecule has 22 heavy (non-hydrogen) atoms. The molecular weight excluding hydrogens is 280 g/mol. The van der Waals surface area contributed by atoms with Gasteiger partial charge in [0.1, 0.15) is 5.75 Å². The van der Waals surface area contributed by atoms with Crippen LogP contribution in [0.3, 0.4) is 0 Å². The molecule has 1 heterocycles. The van der Waals surface area contributed by atoms with Crippen LogP contribution in [-0.4, -0.2) is 57.3 Å². The summed E-state index contributed by atoms with van der Waals surface area (Å²) in [5.74, 6) is 0.720. The highest BCUT2D eigenvalue weighted by molar-refractivity contribution is 5.91. The topological polar surface area (TPSA) is 50.8 Å². The molecular formula is C17H24N2O3. The first-order chi connectivity index (χ1) is 10.8. The van der Waals surface area contributed by atoms with Gasteiger partial charge in [-0.2, -0.15) is 0 Å². The zero-order valence-corrected chi connectivity index (χ0v) is 13.1. The average molecular weight is 304 g/mol. The summed E-state index contributed by atoms with van der Waals surface area (Å²) in [5, 5.41) is 2.91. The second-order valence-electron chi connectivity index (χ2n) is 5.21. The molecule has 5 heteroatoms. The lowest BCUT2D eigenvalue weighted by Gasteiger charge is -2.26. The van der Waals surface area contributed by atoms with Crippen molar-refractivity contribution >= 4 is 12.0 Å². The summed E-state index contributed by atoms with van der Waals surface area (Å²) < 4.78 is 10.5. The molecule has 5 nitrogen and oxygen atoms in total. The van der Waals surface area contributed by atoms with Crippen molar-refractivity contribution in [3.05, 3.63) is 35.9 Å². The minimum absolute atomic E-state index is 0.0650. The second kappa shape index (κ2) is 9.23. The average Bonchev–Trinajstić information content (AvgIpc) is 2.58. The Morgan fingerprint density at radius 3 is 3.00 bits per heavy atom. The zero-order valence-electron chi connectivity index (χ0n) is 13.1. The van der Waals surface area contributed by atoms with Gasteiger partial charge in [-0.05, 0) is 36.7 Å². The molecule has 0 spiro atoms. The zero-order chi connectivity index (χ0) is 15.6. The molecule has 1 aliphatic rings. The quantitative estimate of drug-likeness (QED) is 0.613. The Morgan fingerprint density at radius 1 is 1.41 bits per heavy atom. The number of nitrogens with zero attached hydrogens (tertiary/aromatic N) is 1. The summed E-state index contributed by atoms with van der Waals surface area (Å²) in [5.41, 5.74) is 0.947. The lowest BCUT2D eigenvalue weighted by Crippen LogP contribution is -2.38. The van der Waals surface area contributed by atoms with Crippen molar-refractivity contribution in [3.8, 4) is 5.75 Å². The number of amides is 1. The van der Waals surface area contributed by atoms with Gasteiger partial charge in [0.25, 0.3) is 0 Å². The molecule has 1 aromatic carbocycles. The molecule has 1 N–H and O–H groups in total. The Hall–Kier alpha value is -1.85. The van der Waals surface area contributed by atoms with Gasteiger partial charge in [-0.3, -0.25) is 9.69 Å². The fourth-order valence-electron chi connectivity index (χ4n) is 2.32. The molecule has 0 radical (unpaired) electrons. The van der Waals surface area contributed by atoms with E-state index < -0.39 is 0 Å². The van der Waals surface area contributed by atoms with Crippen LogP contribution in [0.1, 0.15) is 12.0 Å². The molecule has 120 valence electrons. The van der Waals surface area contributed by atoms with Crippen LogP contribution >= 0.6 is 0 Å². The Labute approximate surface area is 131 Å². The van der Waals surface area contributed by atoms with Crippen LogP contribution in [0.25, 0.3) is 6.08 Å². The van der Waals surface area contributed by atoms with Gasteiger partial charge >= 0.3 is 0 Å². The maximum atomic E-state index is 11.8. The van der Waals surface area contributed by atoms with Gasteiger partial charge in [0, 0.05) is 25.7 Å². The molecule has 0 atom stereocenters. The standard InChI is InChI=1S/C17H24N2O3/c1-21-16-5-2-4-15(14-16)6-7-17(20)18-8-3-9-19-10-12-22-13-11-19/h2,4-7,14H,3,8-13H2,1H3,(H,18,20)/b7-6+. The molecule has 0 unspecified atom stereocenters. The Kier molecular flexibility index (Phi) is 6.93. The van der Waals surface area contributed by atoms with Gasteiger partial charge in [0.15, 0.2) is 0 Å². The number of morpholine rings is 1. The SMILES string of the molecule is COc1cccc(/C=C/C(=O)NCCCN2CCOCC2)c1. The van der Waals surface area contributed by atoms with Gasteiger partial charge in [-0.1, -0.05) is 12.1 Å². The first-order valence-electron chi connectivity index (χ1n) is 7.68. The van der Waals surface area contributed by atoms with Crippen molar-refractivity contribution in [3.63, 3.8) is 0 Å². The highest BCUT2D eigenvalue weighted by atomic mass is 16.5. The smallest absolute Gasteiger partial charge is 0.243 e. The first-order valence-corrected chi connectivity index (χ1v) is 7.68. The number of methoxy groups -OCH3 is 1. The van der Waals surface area contributed by atoms with Gasteiger partial charge < -0.3 is 14.8 Å². The maximum absolute atomic E-state index is 11.8. The van der Waals surface area contributed by atoms with E-state index in [0.29, 0.717) is 6.54 Å². The van der Waals surface area contributed by atoms with Crippen LogP contribution < -0.4 is 10.1 Å². The van der Waals surface area contributed by atoms with Crippen LogP contribution in [0, 0.1) is 0 Å². The normalized spacial score (nSPS) is 15.9. The number of rotatable bonds is 7. The van der Waals surface area contributed by atoms with E-state index in [2.05, 4.69) is 10.2 Å². The van der Waals surface area contributed by atoms with E-state index >= 15 is 0 Å². The van der Waals surface area contributed by atoms with Crippen molar-refractivity contribution in [1.29, 1.82) is 0 Å². The Balaban J connectivity index is 1.65. The van der Waals surface area contributed by atoms with Crippen molar-refractivity contribution in [2.45, 2.75) is 6.42 Å². The number of carbonyl (C=O) groups is 1. The third-order valence-corrected chi connectivity index (χ3v) is 3.58. The molecule has 1 aromatic rings. The van der Waals surface area contributed by atoms with Crippen LogP contribution in [-0.2, 0) is 9.53 Å².